The SMILES string of the molecule is COC(=O)C1=C2C(=C(NCc3ccccc3)C(=O)N2C)SS1(=O)=O. The van der Waals surface area contributed by atoms with Crippen LogP contribution >= 0.6 is 10.8 Å². The predicted octanol–water partition coefficient (Wildman–Crippen LogP) is 0.921. The Kier molecular flexibility index (Phi) is 4.14. The second kappa shape index (κ2) is 5.99. The molecule has 0 spiro atoms. The van der Waals surface area contributed by atoms with E-state index in [1.807, 2.05) is 30.3 Å². The highest BCUT2D eigenvalue weighted by Gasteiger charge is 2.49. The van der Waals surface area contributed by atoms with Gasteiger partial charge < -0.3 is 15.0 Å². The maximum atomic E-state index is 12.4. The van der Waals surface area contributed by atoms with Crippen molar-refractivity contribution in [3.8, 4) is 0 Å². The fourth-order valence-electron chi connectivity index (χ4n) is 2.48. The minimum Gasteiger partial charge on any atom is -0.465 e. The second-order valence-electron chi connectivity index (χ2n) is 5.11. The summed E-state index contributed by atoms with van der Waals surface area (Å²) in [7, 11) is -0.877. The van der Waals surface area contributed by atoms with E-state index >= 15 is 0 Å². The molecular formula is C15H14N2O5S2. The van der Waals surface area contributed by atoms with Gasteiger partial charge >= 0.3 is 5.97 Å². The Morgan fingerprint density at radius 3 is 2.58 bits per heavy atom. The number of fused-ring (bicyclic) bond motifs is 1. The molecule has 9 heteroatoms. The molecule has 0 radical (unpaired) electrons. The summed E-state index contributed by atoms with van der Waals surface area (Å²) in [5.41, 5.74) is 1.19. The van der Waals surface area contributed by atoms with Crippen LogP contribution in [0, 0.1) is 0 Å². The standard InChI is InChI=1S/C15H14N2O5S2/c1-17-11-12(23-24(20,21)13(11)15(19)22-2)10(14(17)18)16-8-9-6-4-3-5-7-9/h3-7,16H,8H2,1-2H3. The van der Waals surface area contributed by atoms with Crippen LogP contribution in [-0.4, -0.2) is 39.4 Å². The fourth-order valence-corrected chi connectivity index (χ4v) is 6.00. The number of likely N-dealkylation sites (N-methyl/N-ethyl adjacent to an activating group) is 1. The zero-order valence-corrected chi connectivity index (χ0v) is 14.5. The number of amides is 1. The van der Waals surface area contributed by atoms with Crippen LogP contribution in [0.4, 0.5) is 0 Å². The average Bonchev–Trinajstić information content (AvgIpc) is 2.96. The summed E-state index contributed by atoms with van der Waals surface area (Å²) in [6.45, 7) is 0.362. The van der Waals surface area contributed by atoms with E-state index in [0.717, 1.165) is 17.6 Å². The number of carbonyl (C=O) groups is 2. The molecular weight excluding hydrogens is 352 g/mol. The number of methoxy groups -OCH3 is 1. The molecule has 1 amide bonds. The van der Waals surface area contributed by atoms with Crippen molar-refractivity contribution < 1.29 is 22.7 Å². The summed E-state index contributed by atoms with van der Waals surface area (Å²) >= 11 is 0. The Morgan fingerprint density at radius 2 is 1.96 bits per heavy atom. The van der Waals surface area contributed by atoms with E-state index < -0.39 is 19.7 Å². The topological polar surface area (TPSA) is 92.8 Å². The van der Waals surface area contributed by atoms with Crippen molar-refractivity contribution in [3.05, 3.63) is 57.1 Å². The molecule has 2 heterocycles. The van der Waals surface area contributed by atoms with Gasteiger partial charge in [-0.25, -0.2) is 13.2 Å². The van der Waals surface area contributed by atoms with Gasteiger partial charge in [0.05, 0.1) is 17.7 Å². The lowest BCUT2D eigenvalue weighted by atomic mass is 10.2. The average molecular weight is 366 g/mol. The fraction of sp³-hybridized carbons (Fsp3) is 0.200. The zero-order valence-electron chi connectivity index (χ0n) is 12.9. The number of ether oxygens (including phenoxy) is 1. The molecule has 2 aliphatic heterocycles. The number of hydrogen-bond acceptors (Lipinski definition) is 7. The van der Waals surface area contributed by atoms with E-state index in [4.69, 9.17) is 0 Å². The van der Waals surface area contributed by atoms with Gasteiger partial charge in [-0.3, -0.25) is 4.79 Å². The minimum absolute atomic E-state index is 0.0763. The number of nitrogens with one attached hydrogen (secondary N) is 1. The molecule has 1 aromatic rings. The molecule has 126 valence electrons. The van der Waals surface area contributed by atoms with Gasteiger partial charge in [-0.2, -0.15) is 0 Å². The number of hydrogen-bond donors (Lipinski definition) is 1. The first-order valence-corrected chi connectivity index (χ1v) is 9.76. The monoisotopic (exact) mass is 366 g/mol. The summed E-state index contributed by atoms with van der Waals surface area (Å²) < 4.78 is 29.1. The van der Waals surface area contributed by atoms with E-state index in [0.29, 0.717) is 17.3 Å². The van der Waals surface area contributed by atoms with Crippen LogP contribution in [-0.2, 0) is 29.7 Å². The molecule has 0 fully saturated rings. The Bertz CT molecular complexity index is 888. The maximum Gasteiger partial charge on any atom is 0.352 e. The second-order valence-corrected chi connectivity index (χ2v) is 8.82. The van der Waals surface area contributed by atoms with Gasteiger partial charge in [-0.15, -0.1) is 0 Å². The first kappa shape index (κ1) is 16.6. The van der Waals surface area contributed by atoms with E-state index in [2.05, 4.69) is 10.1 Å². The molecule has 0 aromatic heterocycles. The van der Waals surface area contributed by atoms with Crippen LogP contribution in [0.25, 0.3) is 0 Å². The van der Waals surface area contributed by atoms with Crippen LogP contribution in [0.2, 0.25) is 0 Å². The molecule has 1 aromatic carbocycles. The van der Waals surface area contributed by atoms with Crippen LogP contribution in [0.3, 0.4) is 0 Å². The lowest BCUT2D eigenvalue weighted by Crippen LogP contribution is -2.28. The Balaban J connectivity index is 2.01. The van der Waals surface area contributed by atoms with Gasteiger partial charge in [0.2, 0.25) is 8.87 Å². The molecule has 2 aliphatic rings. The maximum absolute atomic E-state index is 12.4. The summed E-state index contributed by atoms with van der Waals surface area (Å²) in [4.78, 5) is 25.2. The van der Waals surface area contributed by atoms with Crippen molar-refractivity contribution in [2.45, 2.75) is 6.54 Å². The van der Waals surface area contributed by atoms with Crippen molar-refractivity contribution in [1.82, 2.24) is 10.2 Å². The normalized spacial score (nSPS) is 18.9. The van der Waals surface area contributed by atoms with Crippen molar-refractivity contribution in [3.63, 3.8) is 0 Å². The summed E-state index contributed by atoms with van der Waals surface area (Å²) in [6.07, 6.45) is 0. The largest absolute Gasteiger partial charge is 0.465 e. The molecule has 3 rings (SSSR count). The smallest absolute Gasteiger partial charge is 0.352 e. The van der Waals surface area contributed by atoms with E-state index in [9.17, 15) is 18.0 Å². The number of esters is 1. The molecule has 0 aliphatic carbocycles. The lowest BCUT2D eigenvalue weighted by Gasteiger charge is -2.13. The van der Waals surface area contributed by atoms with Crippen LogP contribution in [0.15, 0.2) is 51.5 Å². The zero-order chi connectivity index (χ0) is 17.5. The molecule has 24 heavy (non-hydrogen) atoms. The Morgan fingerprint density at radius 1 is 1.29 bits per heavy atom. The van der Waals surface area contributed by atoms with Crippen molar-refractivity contribution in [2.24, 2.45) is 0 Å². The van der Waals surface area contributed by atoms with Crippen LogP contribution in [0.1, 0.15) is 5.56 Å². The molecule has 0 saturated carbocycles. The number of nitrogens with zero attached hydrogens (tertiary/aromatic N) is 1. The highest BCUT2D eigenvalue weighted by atomic mass is 33.1. The van der Waals surface area contributed by atoms with E-state index in [1.54, 1.807) is 0 Å². The van der Waals surface area contributed by atoms with Gasteiger partial charge in [0.25, 0.3) is 5.91 Å². The molecule has 1 N–H and O–H groups in total. The molecule has 0 unspecified atom stereocenters. The van der Waals surface area contributed by atoms with Gasteiger partial charge in [-0.1, -0.05) is 30.3 Å². The van der Waals surface area contributed by atoms with Gasteiger partial charge in [0.1, 0.15) is 5.70 Å². The van der Waals surface area contributed by atoms with Gasteiger partial charge in [0, 0.05) is 24.4 Å². The lowest BCUT2D eigenvalue weighted by molar-refractivity contribution is -0.135. The third-order valence-corrected chi connectivity index (χ3v) is 6.94. The third-order valence-electron chi connectivity index (χ3n) is 3.64. The Hall–Kier alpha value is -2.26. The molecule has 7 nitrogen and oxygen atoms in total. The molecule has 0 saturated heterocycles. The minimum atomic E-state index is -3.90. The van der Waals surface area contributed by atoms with Crippen molar-refractivity contribution in [1.29, 1.82) is 0 Å². The molecule has 0 bridgehead atoms. The van der Waals surface area contributed by atoms with Crippen molar-refractivity contribution in [2.75, 3.05) is 14.2 Å². The summed E-state index contributed by atoms with van der Waals surface area (Å²) in [5.74, 6) is -1.36. The third kappa shape index (κ3) is 2.59. The summed E-state index contributed by atoms with van der Waals surface area (Å²) in [5, 5.41) is 2.98. The van der Waals surface area contributed by atoms with Crippen LogP contribution in [0.5, 0.6) is 0 Å². The number of rotatable bonds is 4. The first-order valence-electron chi connectivity index (χ1n) is 6.94. The van der Waals surface area contributed by atoms with E-state index in [1.165, 1.54) is 7.05 Å². The Labute approximate surface area is 142 Å². The quantitative estimate of drug-likeness (QED) is 0.626. The number of carbonyl (C=O) groups excluding carboxylic acids is 2. The van der Waals surface area contributed by atoms with Gasteiger partial charge in [-0.05, 0) is 5.56 Å². The van der Waals surface area contributed by atoms with Gasteiger partial charge in [0.15, 0.2) is 4.91 Å². The van der Waals surface area contributed by atoms with Crippen molar-refractivity contribution >= 4 is 31.5 Å². The molecule has 0 atom stereocenters. The number of benzene rings is 1. The predicted molar refractivity (Wildman–Crippen MR) is 88.6 cm³/mol. The first-order chi connectivity index (χ1) is 11.4. The highest BCUT2D eigenvalue weighted by Crippen LogP contribution is 2.50. The summed E-state index contributed by atoms with van der Waals surface area (Å²) in [6, 6.07) is 9.38. The van der Waals surface area contributed by atoms with E-state index in [-0.39, 0.29) is 22.2 Å². The van der Waals surface area contributed by atoms with Crippen LogP contribution < -0.4 is 5.32 Å². The highest BCUT2D eigenvalue weighted by molar-refractivity contribution is 8.75.